The highest BCUT2D eigenvalue weighted by molar-refractivity contribution is 8.14. The Morgan fingerprint density at radius 2 is 1.70 bits per heavy atom. The van der Waals surface area contributed by atoms with E-state index in [-0.39, 0.29) is 17.8 Å². The Morgan fingerprint density at radius 3 is 2.30 bits per heavy atom. The van der Waals surface area contributed by atoms with E-state index in [1.807, 2.05) is 0 Å². The Morgan fingerprint density at radius 1 is 0.967 bits per heavy atom. The van der Waals surface area contributed by atoms with Crippen molar-refractivity contribution in [3.63, 3.8) is 0 Å². The van der Waals surface area contributed by atoms with Crippen molar-refractivity contribution in [3.05, 3.63) is 44.8 Å². The first kappa shape index (κ1) is 21.9. The minimum atomic E-state index is -0.270. The molecule has 4 heterocycles. The van der Waals surface area contributed by atoms with Gasteiger partial charge in [0.15, 0.2) is 5.17 Å². The standard InChI is InChI=1S/C21H24N4OS3.ClH/c26-19(21(7-1-2-8-21)18-6-4-14-28-18)24-9-11-25(12-10-24)20-23-22-16(15-29-20)17-5-3-13-27-17;/h3-6,13-14H,1-2,7-12,15H2;1H. The first-order valence-corrected chi connectivity index (χ1v) is 12.9. The summed E-state index contributed by atoms with van der Waals surface area (Å²) in [6.07, 6.45) is 4.30. The van der Waals surface area contributed by atoms with Gasteiger partial charge in [-0.25, -0.2) is 0 Å². The zero-order chi connectivity index (χ0) is 19.7. The summed E-state index contributed by atoms with van der Waals surface area (Å²) in [7, 11) is 0. The van der Waals surface area contributed by atoms with Crippen LogP contribution in [0, 0.1) is 0 Å². The molecular formula is C21H25ClN4OS3. The number of carbonyl (C=O) groups is 1. The molecule has 9 heteroatoms. The maximum atomic E-state index is 13.5. The van der Waals surface area contributed by atoms with Crippen LogP contribution in [0.1, 0.15) is 35.4 Å². The van der Waals surface area contributed by atoms with E-state index in [0.29, 0.717) is 5.91 Å². The molecule has 0 spiro atoms. The number of halogens is 1. The lowest BCUT2D eigenvalue weighted by atomic mass is 9.82. The van der Waals surface area contributed by atoms with E-state index < -0.39 is 0 Å². The molecule has 1 saturated heterocycles. The Balaban J connectivity index is 0.00000218. The number of hydrogen-bond donors (Lipinski definition) is 0. The highest BCUT2D eigenvalue weighted by atomic mass is 35.5. The van der Waals surface area contributed by atoms with Crippen molar-refractivity contribution in [1.82, 2.24) is 9.80 Å². The summed E-state index contributed by atoms with van der Waals surface area (Å²) < 4.78 is 0. The van der Waals surface area contributed by atoms with Crippen LogP contribution in [0.4, 0.5) is 0 Å². The highest BCUT2D eigenvalue weighted by Crippen LogP contribution is 2.44. The Kier molecular flexibility index (Phi) is 6.87. The fourth-order valence-electron chi connectivity index (χ4n) is 4.51. The molecule has 0 bridgehead atoms. The number of nitrogens with zero attached hydrogens (tertiary/aromatic N) is 4. The zero-order valence-electron chi connectivity index (χ0n) is 16.7. The van der Waals surface area contributed by atoms with Crippen LogP contribution in [0.15, 0.2) is 45.2 Å². The lowest BCUT2D eigenvalue weighted by molar-refractivity contribution is -0.138. The van der Waals surface area contributed by atoms with Gasteiger partial charge >= 0.3 is 0 Å². The van der Waals surface area contributed by atoms with Gasteiger partial charge in [0.05, 0.1) is 16.0 Å². The number of carbonyl (C=O) groups excluding carboxylic acids is 1. The maximum Gasteiger partial charge on any atom is 0.234 e. The van der Waals surface area contributed by atoms with E-state index in [9.17, 15) is 4.79 Å². The van der Waals surface area contributed by atoms with Crippen molar-refractivity contribution in [2.45, 2.75) is 31.1 Å². The van der Waals surface area contributed by atoms with E-state index in [4.69, 9.17) is 0 Å². The molecule has 0 N–H and O–H groups in total. The van der Waals surface area contributed by atoms with Crippen LogP contribution in [-0.4, -0.2) is 58.5 Å². The van der Waals surface area contributed by atoms with E-state index in [0.717, 1.165) is 68.5 Å². The molecule has 2 aromatic rings. The number of amides is 1. The van der Waals surface area contributed by atoms with Crippen molar-refractivity contribution in [3.8, 4) is 0 Å². The van der Waals surface area contributed by atoms with Crippen LogP contribution in [0.2, 0.25) is 0 Å². The zero-order valence-corrected chi connectivity index (χ0v) is 19.9. The molecular weight excluding hydrogens is 456 g/mol. The second-order valence-corrected chi connectivity index (χ2v) is 10.6. The molecule has 30 heavy (non-hydrogen) atoms. The molecule has 2 fully saturated rings. The maximum absolute atomic E-state index is 13.5. The molecule has 160 valence electrons. The third-order valence-electron chi connectivity index (χ3n) is 6.10. The van der Waals surface area contributed by atoms with Crippen LogP contribution < -0.4 is 0 Å². The van der Waals surface area contributed by atoms with Crippen molar-refractivity contribution in [2.24, 2.45) is 10.2 Å². The fraction of sp³-hybridized carbons (Fsp3) is 0.476. The first-order chi connectivity index (χ1) is 14.3. The van der Waals surface area contributed by atoms with Gasteiger partial charge in [0.1, 0.15) is 0 Å². The van der Waals surface area contributed by atoms with Gasteiger partial charge in [-0.15, -0.1) is 40.2 Å². The molecule has 1 saturated carbocycles. The molecule has 1 aliphatic carbocycles. The summed E-state index contributed by atoms with van der Waals surface area (Å²) in [6, 6.07) is 8.38. The van der Waals surface area contributed by atoms with Gasteiger partial charge in [0, 0.05) is 36.8 Å². The third-order valence-corrected chi connectivity index (χ3v) is 9.11. The number of piperazine rings is 1. The van der Waals surface area contributed by atoms with Gasteiger partial charge in [0.25, 0.3) is 0 Å². The number of amidine groups is 1. The van der Waals surface area contributed by atoms with E-state index in [1.54, 1.807) is 34.4 Å². The average molecular weight is 481 g/mol. The average Bonchev–Trinajstić information content (AvgIpc) is 3.56. The van der Waals surface area contributed by atoms with Crippen molar-refractivity contribution in [1.29, 1.82) is 0 Å². The molecule has 3 aliphatic rings. The molecule has 2 aliphatic heterocycles. The summed E-state index contributed by atoms with van der Waals surface area (Å²) in [6.45, 7) is 3.21. The normalized spacial score (nSPS) is 21.1. The monoisotopic (exact) mass is 480 g/mol. The summed E-state index contributed by atoms with van der Waals surface area (Å²) >= 11 is 5.21. The van der Waals surface area contributed by atoms with Gasteiger partial charge in [-0.05, 0) is 35.7 Å². The largest absolute Gasteiger partial charge is 0.346 e. The van der Waals surface area contributed by atoms with Crippen molar-refractivity contribution in [2.75, 3.05) is 31.9 Å². The molecule has 0 atom stereocenters. The predicted octanol–water partition coefficient (Wildman–Crippen LogP) is 4.69. The van der Waals surface area contributed by atoms with Gasteiger partial charge in [-0.1, -0.05) is 36.7 Å². The Hall–Kier alpha value is -1.35. The highest BCUT2D eigenvalue weighted by Gasteiger charge is 2.46. The number of thiophene rings is 2. The summed E-state index contributed by atoms with van der Waals surface area (Å²) in [5.41, 5.74) is 0.787. The van der Waals surface area contributed by atoms with E-state index in [1.165, 1.54) is 9.75 Å². The molecule has 5 nitrogen and oxygen atoms in total. The van der Waals surface area contributed by atoms with Crippen molar-refractivity contribution < 1.29 is 4.79 Å². The Labute approximate surface area is 195 Å². The molecule has 0 radical (unpaired) electrons. The predicted molar refractivity (Wildman–Crippen MR) is 131 cm³/mol. The van der Waals surface area contributed by atoms with Gasteiger partial charge in [-0.2, -0.15) is 5.10 Å². The van der Waals surface area contributed by atoms with E-state index >= 15 is 0 Å². The third kappa shape index (κ3) is 4.07. The second-order valence-electron chi connectivity index (χ2n) is 7.74. The molecule has 0 unspecified atom stereocenters. The number of hydrogen-bond acceptors (Lipinski definition) is 7. The van der Waals surface area contributed by atoms with Crippen LogP contribution in [0.5, 0.6) is 0 Å². The van der Waals surface area contributed by atoms with Gasteiger partial charge < -0.3 is 9.80 Å². The second kappa shape index (κ2) is 9.42. The quantitative estimate of drug-likeness (QED) is 0.640. The Bertz CT molecular complexity index is 912. The van der Waals surface area contributed by atoms with Crippen LogP contribution in [0.25, 0.3) is 0 Å². The molecule has 5 rings (SSSR count). The van der Waals surface area contributed by atoms with Gasteiger partial charge in [-0.3, -0.25) is 4.79 Å². The number of rotatable bonds is 3. The molecule has 1 amide bonds. The van der Waals surface area contributed by atoms with Gasteiger partial charge in [0.2, 0.25) is 5.91 Å². The van der Waals surface area contributed by atoms with E-state index in [2.05, 4.69) is 55.0 Å². The first-order valence-electron chi connectivity index (χ1n) is 10.2. The number of thioether (sulfide) groups is 1. The van der Waals surface area contributed by atoms with Crippen LogP contribution in [0.3, 0.4) is 0 Å². The van der Waals surface area contributed by atoms with Crippen LogP contribution in [-0.2, 0) is 10.2 Å². The van der Waals surface area contributed by atoms with Crippen LogP contribution >= 0.6 is 46.8 Å². The lowest BCUT2D eigenvalue weighted by Gasteiger charge is -2.40. The minimum Gasteiger partial charge on any atom is -0.346 e. The minimum absolute atomic E-state index is 0. The topological polar surface area (TPSA) is 48.3 Å². The smallest absolute Gasteiger partial charge is 0.234 e. The summed E-state index contributed by atoms with van der Waals surface area (Å²) in [5.74, 6) is 1.20. The fourth-order valence-corrected chi connectivity index (χ4v) is 7.23. The molecule has 0 aromatic carbocycles. The summed E-state index contributed by atoms with van der Waals surface area (Å²) in [4.78, 5) is 20.4. The SMILES string of the molecule is Cl.O=C(N1CCN(C2=NN=C(c3cccs3)CS2)CC1)C1(c2cccs2)CCCC1. The summed E-state index contributed by atoms with van der Waals surface area (Å²) in [5, 5.41) is 14.1. The lowest BCUT2D eigenvalue weighted by Crippen LogP contribution is -2.54. The van der Waals surface area contributed by atoms with Crippen molar-refractivity contribution >= 4 is 63.6 Å². The molecule has 2 aromatic heterocycles.